The summed E-state index contributed by atoms with van der Waals surface area (Å²) in [5, 5.41) is 8.93. The Balaban J connectivity index is 2.21. The number of aliphatic carboxylic acids is 1. The summed E-state index contributed by atoms with van der Waals surface area (Å²) < 4.78 is 5.66. The molecule has 0 aliphatic carbocycles. The molecule has 5 heteroatoms. The summed E-state index contributed by atoms with van der Waals surface area (Å²) in [6.45, 7) is 2.05. The first-order valence-electron chi connectivity index (χ1n) is 6.23. The van der Waals surface area contributed by atoms with Gasteiger partial charge in [-0.05, 0) is 30.2 Å². The minimum Gasteiger partial charge on any atom is -0.487 e. The summed E-state index contributed by atoms with van der Waals surface area (Å²) in [5.41, 5.74) is 1.64. The predicted molar refractivity (Wildman–Crippen MR) is 78.9 cm³/mol. The molecule has 0 atom stereocenters. The number of halogens is 1. The third-order valence-corrected chi connectivity index (χ3v) is 3.19. The zero-order valence-corrected chi connectivity index (χ0v) is 12.1. The Morgan fingerprint density at radius 2 is 1.86 bits per heavy atom. The van der Waals surface area contributed by atoms with Crippen molar-refractivity contribution in [2.24, 2.45) is 0 Å². The van der Waals surface area contributed by atoms with Gasteiger partial charge in [-0.3, -0.25) is 4.79 Å². The second-order valence-corrected chi connectivity index (χ2v) is 4.92. The number of carboxylic acids is 1. The first-order valence-corrected chi connectivity index (χ1v) is 6.61. The number of carboxylic acid groups (broad SMARTS) is 1. The normalized spacial score (nSPS) is 10.2. The van der Waals surface area contributed by atoms with Crippen molar-refractivity contribution < 1.29 is 19.4 Å². The largest absolute Gasteiger partial charge is 0.487 e. The first kappa shape index (κ1) is 15.1. The van der Waals surface area contributed by atoms with Gasteiger partial charge in [0.05, 0.1) is 5.02 Å². The summed E-state index contributed by atoms with van der Waals surface area (Å²) in [5.74, 6) is -2.06. The van der Waals surface area contributed by atoms with E-state index in [4.69, 9.17) is 21.4 Å². The molecule has 0 saturated heterocycles. The first-order chi connectivity index (χ1) is 9.99. The number of rotatable bonds is 5. The zero-order valence-electron chi connectivity index (χ0n) is 11.3. The van der Waals surface area contributed by atoms with E-state index >= 15 is 0 Å². The van der Waals surface area contributed by atoms with E-state index in [1.54, 1.807) is 6.92 Å². The van der Waals surface area contributed by atoms with E-state index in [1.807, 2.05) is 30.3 Å². The van der Waals surface area contributed by atoms with Crippen LogP contribution in [0.1, 0.15) is 21.5 Å². The molecule has 0 heterocycles. The van der Waals surface area contributed by atoms with Crippen molar-refractivity contribution in [1.29, 1.82) is 0 Å². The fraction of sp³-hybridized carbons (Fsp3) is 0.125. The SMILES string of the molecule is Cc1cc(C(=O)C(=O)O)cc(Cl)c1OCc1ccccc1. The van der Waals surface area contributed by atoms with Crippen LogP contribution < -0.4 is 4.74 Å². The van der Waals surface area contributed by atoms with Crippen molar-refractivity contribution in [3.8, 4) is 5.75 Å². The van der Waals surface area contributed by atoms with Gasteiger partial charge in [0, 0.05) is 5.56 Å². The second-order valence-electron chi connectivity index (χ2n) is 4.51. The third kappa shape index (κ3) is 3.61. The molecule has 0 spiro atoms. The fourth-order valence-corrected chi connectivity index (χ4v) is 2.22. The van der Waals surface area contributed by atoms with Crippen LogP contribution in [0, 0.1) is 6.92 Å². The smallest absolute Gasteiger partial charge is 0.377 e. The van der Waals surface area contributed by atoms with Crippen molar-refractivity contribution in [1.82, 2.24) is 0 Å². The van der Waals surface area contributed by atoms with Gasteiger partial charge < -0.3 is 9.84 Å². The van der Waals surface area contributed by atoms with Crippen LogP contribution in [0.3, 0.4) is 0 Å². The minimum absolute atomic E-state index is 0.0389. The third-order valence-electron chi connectivity index (χ3n) is 2.91. The molecule has 0 unspecified atom stereocenters. The Kier molecular flexibility index (Phi) is 4.60. The number of ketones is 1. The number of benzene rings is 2. The summed E-state index contributed by atoms with van der Waals surface area (Å²) in [6, 6.07) is 12.3. The van der Waals surface area contributed by atoms with Gasteiger partial charge in [-0.25, -0.2) is 4.79 Å². The van der Waals surface area contributed by atoms with Gasteiger partial charge >= 0.3 is 5.97 Å². The van der Waals surface area contributed by atoms with Crippen LogP contribution in [0.4, 0.5) is 0 Å². The molecule has 1 N–H and O–H groups in total. The number of aryl methyl sites for hydroxylation is 1. The molecule has 2 aromatic carbocycles. The molecule has 21 heavy (non-hydrogen) atoms. The van der Waals surface area contributed by atoms with Gasteiger partial charge in [0.2, 0.25) is 0 Å². The van der Waals surface area contributed by atoms with Gasteiger partial charge in [-0.15, -0.1) is 0 Å². The highest BCUT2D eigenvalue weighted by Crippen LogP contribution is 2.31. The van der Waals surface area contributed by atoms with Crippen LogP contribution in [0.2, 0.25) is 5.02 Å². The maximum Gasteiger partial charge on any atom is 0.377 e. The summed E-state index contributed by atoms with van der Waals surface area (Å²) in [6.07, 6.45) is 0. The lowest BCUT2D eigenvalue weighted by Crippen LogP contribution is -2.13. The van der Waals surface area contributed by atoms with Crippen molar-refractivity contribution in [2.45, 2.75) is 13.5 Å². The highest BCUT2D eigenvalue weighted by molar-refractivity contribution is 6.41. The summed E-state index contributed by atoms with van der Waals surface area (Å²) in [7, 11) is 0. The Bertz CT molecular complexity index is 657. The highest BCUT2D eigenvalue weighted by Gasteiger charge is 2.18. The van der Waals surface area contributed by atoms with E-state index in [9.17, 15) is 9.59 Å². The molecule has 0 aliphatic rings. The summed E-state index contributed by atoms with van der Waals surface area (Å²) >= 11 is 6.08. The minimum atomic E-state index is -1.51. The van der Waals surface area contributed by atoms with Gasteiger partial charge in [0.15, 0.2) is 0 Å². The van der Waals surface area contributed by atoms with E-state index in [0.29, 0.717) is 17.9 Å². The number of carbonyl (C=O) groups is 2. The van der Waals surface area contributed by atoms with Gasteiger partial charge in [-0.2, -0.15) is 0 Å². The Morgan fingerprint density at radius 1 is 1.19 bits per heavy atom. The average Bonchev–Trinajstić information content (AvgIpc) is 2.46. The maximum absolute atomic E-state index is 11.4. The van der Waals surface area contributed by atoms with Crippen LogP contribution in [0.15, 0.2) is 42.5 Å². The standard InChI is InChI=1S/C16H13ClO4/c1-10-7-12(14(18)16(19)20)8-13(17)15(10)21-9-11-5-3-2-4-6-11/h2-8H,9H2,1H3,(H,19,20). The monoisotopic (exact) mass is 304 g/mol. The van der Waals surface area contributed by atoms with Crippen LogP contribution in [-0.2, 0) is 11.4 Å². The second kappa shape index (κ2) is 6.41. The summed E-state index contributed by atoms with van der Waals surface area (Å²) in [4.78, 5) is 22.1. The van der Waals surface area contributed by atoms with Crippen molar-refractivity contribution in [2.75, 3.05) is 0 Å². The number of ether oxygens (including phenoxy) is 1. The number of Topliss-reactive ketones (excluding diaryl/α,β-unsaturated/α-hetero) is 1. The number of carbonyl (C=O) groups excluding carboxylic acids is 1. The van der Waals surface area contributed by atoms with Crippen LogP contribution >= 0.6 is 11.6 Å². The van der Waals surface area contributed by atoms with E-state index in [2.05, 4.69) is 0 Å². The lowest BCUT2D eigenvalue weighted by Gasteiger charge is -2.12. The Labute approximate surface area is 126 Å². The van der Waals surface area contributed by atoms with Gasteiger partial charge in [0.25, 0.3) is 5.78 Å². The topological polar surface area (TPSA) is 63.6 Å². The molecule has 0 amide bonds. The molecule has 2 aromatic rings. The average molecular weight is 305 g/mol. The van der Waals surface area contributed by atoms with Gasteiger partial charge in [-0.1, -0.05) is 41.9 Å². The van der Waals surface area contributed by atoms with Crippen molar-refractivity contribution >= 4 is 23.4 Å². The lowest BCUT2D eigenvalue weighted by molar-refractivity contribution is -0.131. The van der Waals surface area contributed by atoms with E-state index in [0.717, 1.165) is 5.56 Å². The molecular weight excluding hydrogens is 292 g/mol. The van der Waals surface area contributed by atoms with Crippen LogP contribution in [0.25, 0.3) is 0 Å². The Morgan fingerprint density at radius 3 is 2.43 bits per heavy atom. The zero-order chi connectivity index (χ0) is 15.4. The molecule has 0 fully saturated rings. The predicted octanol–water partition coefficient (Wildman–Crippen LogP) is 3.49. The quantitative estimate of drug-likeness (QED) is 0.678. The van der Waals surface area contributed by atoms with Crippen LogP contribution in [0.5, 0.6) is 5.75 Å². The molecule has 4 nitrogen and oxygen atoms in total. The van der Waals surface area contributed by atoms with E-state index < -0.39 is 11.8 Å². The van der Waals surface area contributed by atoms with Crippen molar-refractivity contribution in [3.63, 3.8) is 0 Å². The van der Waals surface area contributed by atoms with E-state index in [1.165, 1.54) is 12.1 Å². The van der Waals surface area contributed by atoms with Crippen LogP contribution in [-0.4, -0.2) is 16.9 Å². The van der Waals surface area contributed by atoms with E-state index in [-0.39, 0.29) is 10.6 Å². The number of hydrogen-bond acceptors (Lipinski definition) is 3. The fourth-order valence-electron chi connectivity index (χ4n) is 1.90. The molecule has 0 radical (unpaired) electrons. The molecule has 0 bridgehead atoms. The molecular formula is C16H13ClO4. The molecule has 2 rings (SSSR count). The Hall–Kier alpha value is -2.33. The van der Waals surface area contributed by atoms with Gasteiger partial charge in [0.1, 0.15) is 12.4 Å². The molecule has 108 valence electrons. The molecule has 0 saturated carbocycles. The number of hydrogen-bond donors (Lipinski definition) is 1. The molecule has 0 aliphatic heterocycles. The molecule has 0 aromatic heterocycles. The maximum atomic E-state index is 11.4. The highest BCUT2D eigenvalue weighted by atomic mass is 35.5. The lowest BCUT2D eigenvalue weighted by atomic mass is 10.1. The van der Waals surface area contributed by atoms with Crippen molar-refractivity contribution in [3.05, 3.63) is 64.2 Å².